The molecule has 4 heteroatoms. The highest BCUT2D eigenvalue weighted by molar-refractivity contribution is 7.99. The van der Waals surface area contributed by atoms with E-state index in [4.69, 9.17) is 0 Å². The highest BCUT2D eigenvalue weighted by atomic mass is 32.2. The van der Waals surface area contributed by atoms with Gasteiger partial charge in [-0.1, -0.05) is 6.92 Å². The van der Waals surface area contributed by atoms with E-state index in [0.29, 0.717) is 12.1 Å². The Morgan fingerprint density at radius 2 is 2.44 bits per heavy atom. The van der Waals surface area contributed by atoms with Crippen molar-refractivity contribution in [2.45, 2.75) is 25.9 Å². The summed E-state index contributed by atoms with van der Waals surface area (Å²) >= 11 is 2.06. The van der Waals surface area contributed by atoms with Gasteiger partial charge < -0.3 is 5.32 Å². The third kappa shape index (κ3) is 3.05. The standard InChI is InChI=1S/C14H23N3S/c1-4-16-14(12-9-15-6-5-11(12)2)13-10-18-8-7-17(13)3/h5-6,9,13-14,16H,4,7-8,10H2,1-3H3. The Bertz CT molecular complexity index is 383. The maximum absolute atomic E-state index is 4.30. The summed E-state index contributed by atoms with van der Waals surface area (Å²) < 4.78 is 0. The second-order valence-electron chi connectivity index (χ2n) is 4.89. The molecule has 2 unspecified atom stereocenters. The molecular formula is C14H23N3S. The monoisotopic (exact) mass is 265 g/mol. The summed E-state index contributed by atoms with van der Waals surface area (Å²) in [6.07, 6.45) is 3.90. The predicted molar refractivity (Wildman–Crippen MR) is 79.1 cm³/mol. The molecule has 0 spiro atoms. The van der Waals surface area contributed by atoms with Crippen LogP contribution in [0.1, 0.15) is 24.1 Å². The van der Waals surface area contributed by atoms with Crippen molar-refractivity contribution in [3.63, 3.8) is 0 Å². The van der Waals surface area contributed by atoms with Crippen molar-refractivity contribution in [3.8, 4) is 0 Å². The third-order valence-corrected chi connectivity index (χ3v) is 4.72. The summed E-state index contributed by atoms with van der Waals surface area (Å²) in [4.78, 5) is 6.79. The molecule has 2 heterocycles. The summed E-state index contributed by atoms with van der Waals surface area (Å²) in [7, 11) is 2.24. The minimum absolute atomic E-state index is 0.390. The summed E-state index contributed by atoms with van der Waals surface area (Å²) in [5.41, 5.74) is 2.68. The van der Waals surface area contributed by atoms with Crippen molar-refractivity contribution in [2.24, 2.45) is 0 Å². The van der Waals surface area contributed by atoms with Gasteiger partial charge >= 0.3 is 0 Å². The summed E-state index contributed by atoms with van der Waals surface area (Å²) in [6.45, 7) is 6.52. The summed E-state index contributed by atoms with van der Waals surface area (Å²) in [6, 6.07) is 3.06. The van der Waals surface area contributed by atoms with E-state index >= 15 is 0 Å². The number of hydrogen-bond acceptors (Lipinski definition) is 4. The number of likely N-dealkylation sites (N-methyl/N-ethyl adjacent to an activating group) is 2. The molecule has 0 aliphatic carbocycles. The van der Waals surface area contributed by atoms with Gasteiger partial charge in [-0.3, -0.25) is 9.88 Å². The molecule has 1 aromatic rings. The molecule has 1 saturated heterocycles. The van der Waals surface area contributed by atoms with Gasteiger partial charge in [-0.05, 0) is 37.7 Å². The smallest absolute Gasteiger partial charge is 0.0504 e. The van der Waals surface area contributed by atoms with Gasteiger partial charge in [0.2, 0.25) is 0 Å². The molecule has 0 aromatic carbocycles. The molecule has 1 aliphatic rings. The van der Waals surface area contributed by atoms with E-state index in [1.54, 1.807) is 0 Å². The molecule has 1 aliphatic heterocycles. The lowest BCUT2D eigenvalue weighted by Crippen LogP contribution is -2.48. The number of nitrogens with one attached hydrogen (secondary N) is 1. The van der Waals surface area contributed by atoms with Crippen LogP contribution in [0.2, 0.25) is 0 Å². The minimum atomic E-state index is 0.390. The van der Waals surface area contributed by atoms with Gasteiger partial charge in [0.1, 0.15) is 0 Å². The van der Waals surface area contributed by atoms with Gasteiger partial charge in [0.15, 0.2) is 0 Å². The molecule has 0 bridgehead atoms. The van der Waals surface area contributed by atoms with Crippen molar-refractivity contribution in [2.75, 3.05) is 31.6 Å². The molecule has 0 amide bonds. The number of nitrogens with zero attached hydrogens (tertiary/aromatic N) is 2. The fraction of sp³-hybridized carbons (Fsp3) is 0.643. The van der Waals surface area contributed by atoms with E-state index in [1.807, 2.05) is 12.4 Å². The molecule has 3 nitrogen and oxygen atoms in total. The van der Waals surface area contributed by atoms with Gasteiger partial charge in [-0.2, -0.15) is 11.8 Å². The van der Waals surface area contributed by atoms with E-state index < -0.39 is 0 Å². The van der Waals surface area contributed by atoms with Crippen molar-refractivity contribution < 1.29 is 0 Å². The lowest BCUT2D eigenvalue weighted by atomic mass is 9.97. The van der Waals surface area contributed by atoms with Crippen molar-refractivity contribution >= 4 is 11.8 Å². The lowest BCUT2D eigenvalue weighted by molar-refractivity contribution is 0.216. The van der Waals surface area contributed by atoms with E-state index in [9.17, 15) is 0 Å². The second kappa shape index (κ2) is 6.55. The van der Waals surface area contributed by atoms with Gasteiger partial charge in [0.05, 0.1) is 6.04 Å². The average molecular weight is 265 g/mol. The molecule has 0 saturated carbocycles. The molecule has 1 aromatic heterocycles. The van der Waals surface area contributed by atoms with Crippen LogP contribution in [0.15, 0.2) is 18.5 Å². The maximum atomic E-state index is 4.30. The zero-order valence-electron chi connectivity index (χ0n) is 11.5. The number of hydrogen-bond donors (Lipinski definition) is 1. The number of rotatable bonds is 4. The molecule has 1 fully saturated rings. The van der Waals surface area contributed by atoms with Gasteiger partial charge in [0.25, 0.3) is 0 Å². The highest BCUT2D eigenvalue weighted by Gasteiger charge is 2.29. The Labute approximate surface area is 114 Å². The first-order valence-electron chi connectivity index (χ1n) is 6.66. The third-order valence-electron chi connectivity index (χ3n) is 3.67. The van der Waals surface area contributed by atoms with Crippen LogP contribution in [0.25, 0.3) is 0 Å². The van der Waals surface area contributed by atoms with Gasteiger partial charge in [-0.15, -0.1) is 0 Å². The zero-order chi connectivity index (χ0) is 13.0. The molecule has 100 valence electrons. The predicted octanol–water partition coefficient (Wildman–Crippen LogP) is 2.09. The first kappa shape index (κ1) is 13.8. The van der Waals surface area contributed by atoms with Crippen molar-refractivity contribution in [3.05, 3.63) is 29.6 Å². The SMILES string of the molecule is CCNC(c1cnccc1C)C1CSCCN1C. The van der Waals surface area contributed by atoms with Crippen LogP contribution in [0.4, 0.5) is 0 Å². The Balaban J connectivity index is 2.24. The van der Waals surface area contributed by atoms with Crippen LogP contribution in [0.5, 0.6) is 0 Å². The van der Waals surface area contributed by atoms with Crippen LogP contribution >= 0.6 is 11.8 Å². The van der Waals surface area contributed by atoms with Gasteiger partial charge in [-0.25, -0.2) is 0 Å². The fourth-order valence-corrected chi connectivity index (χ4v) is 3.80. The first-order valence-corrected chi connectivity index (χ1v) is 7.81. The molecule has 18 heavy (non-hydrogen) atoms. The van der Waals surface area contributed by atoms with Crippen molar-refractivity contribution in [1.29, 1.82) is 0 Å². The minimum Gasteiger partial charge on any atom is -0.309 e. The van der Waals surface area contributed by atoms with E-state index in [-0.39, 0.29) is 0 Å². The Morgan fingerprint density at radius 3 is 3.11 bits per heavy atom. The van der Waals surface area contributed by atoms with E-state index in [0.717, 1.165) is 6.54 Å². The molecule has 0 radical (unpaired) electrons. The fourth-order valence-electron chi connectivity index (χ4n) is 2.53. The summed E-state index contributed by atoms with van der Waals surface area (Å²) in [5, 5.41) is 3.64. The van der Waals surface area contributed by atoms with E-state index in [1.165, 1.54) is 29.2 Å². The molecule has 2 rings (SSSR count). The van der Waals surface area contributed by atoms with Crippen LogP contribution in [0.3, 0.4) is 0 Å². The van der Waals surface area contributed by atoms with E-state index in [2.05, 4.69) is 53.9 Å². The summed E-state index contributed by atoms with van der Waals surface area (Å²) in [5.74, 6) is 2.44. The van der Waals surface area contributed by atoms with Crippen molar-refractivity contribution in [1.82, 2.24) is 15.2 Å². The van der Waals surface area contributed by atoms with Crippen LogP contribution in [-0.4, -0.2) is 47.6 Å². The van der Waals surface area contributed by atoms with Gasteiger partial charge in [0, 0.05) is 36.5 Å². The normalized spacial score (nSPS) is 22.9. The first-order chi connectivity index (χ1) is 8.74. The largest absolute Gasteiger partial charge is 0.309 e. The topological polar surface area (TPSA) is 28.2 Å². The highest BCUT2D eigenvalue weighted by Crippen LogP contribution is 2.28. The Morgan fingerprint density at radius 1 is 1.61 bits per heavy atom. The Kier molecular flexibility index (Phi) is 5.03. The number of aromatic nitrogens is 1. The van der Waals surface area contributed by atoms with Crippen LogP contribution < -0.4 is 5.32 Å². The molecule has 2 atom stereocenters. The van der Waals surface area contributed by atoms with Crippen LogP contribution in [-0.2, 0) is 0 Å². The Hall–Kier alpha value is -0.580. The lowest BCUT2D eigenvalue weighted by Gasteiger charge is -2.38. The number of aryl methyl sites for hydroxylation is 1. The second-order valence-corrected chi connectivity index (χ2v) is 6.04. The number of pyridine rings is 1. The maximum Gasteiger partial charge on any atom is 0.0504 e. The number of thioether (sulfide) groups is 1. The molecule has 1 N–H and O–H groups in total. The van der Waals surface area contributed by atoms with Crippen LogP contribution in [0, 0.1) is 6.92 Å². The zero-order valence-corrected chi connectivity index (χ0v) is 12.3. The quantitative estimate of drug-likeness (QED) is 0.902. The molecular weight excluding hydrogens is 242 g/mol. The average Bonchev–Trinajstić information content (AvgIpc) is 2.38.